The van der Waals surface area contributed by atoms with Gasteiger partial charge in [-0.1, -0.05) is 60.7 Å². The van der Waals surface area contributed by atoms with E-state index in [2.05, 4.69) is 40.8 Å². The summed E-state index contributed by atoms with van der Waals surface area (Å²) >= 11 is 3.26. The number of hydrogen-bond acceptors (Lipinski definition) is 8. The van der Waals surface area contributed by atoms with Crippen molar-refractivity contribution in [3.8, 4) is 12.0 Å². The van der Waals surface area contributed by atoms with Crippen molar-refractivity contribution >= 4 is 21.6 Å². The largest absolute Gasteiger partial charge is 0.459 e. The van der Waals surface area contributed by atoms with Crippen LogP contribution in [0.5, 0.6) is 12.0 Å². The van der Waals surface area contributed by atoms with Gasteiger partial charge in [-0.15, -0.1) is 0 Å². The molecule has 0 radical (unpaired) electrons. The molecular weight excluding hydrogens is 510 g/mol. The molecule has 1 fully saturated rings. The third-order valence-electron chi connectivity index (χ3n) is 5.01. The summed E-state index contributed by atoms with van der Waals surface area (Å²) in [5.41, 5.74) is 3.22. The lowest BCUT2D eigenvalue weighted by molar-refractivity contribution is 0.122. The zero-order chi connectivity index (χ0) is 24.1. The van der Waals surface area contributed by atoms with Crippen LogP contribution < -0.4 is 14.4 Å². The Kier molecular flexibility index (Phi) is 9.37. The van der Waals surface area contributed by atoms with Crippen LogP contribution in [-0.2, 0) is 18.0 Å². The molecule has 1 aliphatic heterocycles. The predicted molar refractivity (Wildman–Crippen MR) is 136 cm³/mol. The Morgan fingerprint density at radius 3 is 1.63 bits per heavy atom. The summed E-state index contributed by atoms with van der Waals surface area (Å²) < 4.78 is 17.1. The van der Waals surface area contributed by atoms with Gasteiger partial charge in [0.05, 0.1) is 35.8 Å². The molecule has 0 N–H and O–H groups in total. The van der Waals surface area contributed by atoms with Gasteiger partial charge < -0.3 is 19.1 Å². The van der Waals surface area contributed by atoms with E-state index in [1.54, 1.807) is 24.8 Å². The molecule has 0 unspecified atom stereocenters. The van der Waals surface area contributed by atoms with Crippen molar-refractivity contribution in [2.75, 3.05) is 31.2 Å². The molecule has 0 atom stereocenters. The third-order valence-corrected chi connectivity index (χ3v) is 5.42. The summed E-state index contributed by atoms with van der Waals surface area (Å²) in [6.45, 7) is 4.25. The van der Waals surface area contributed by atoms with Gasteiger partial charge in [0.25, 0.3) is 0 Å². The number of benzene rings is 2. The molecule has 0 aliphatic carbocycles. The SMILES string of the molecule is Brc1cnc(OCc2ccccc2)nc1.c1ccc(COc2ncc(N3CCOCC3)cn2)cc1. The van der Waals surface area contributed by atoms with E-state index in [0.29, 0.717) is 25.2 Å². The predicted octanol–water partition coefficient (Wildman–Crippen LogP) is 4.71. The first-order valence-electron chi connectivity index (χ1n) is 11.2. The average Bonchev–Trinajstić information content (AvgIpc) is 2.94. The van der Waals surface area contributed by atoms with Crippen LogP contribution in [0.4, 0.5) is 5.69 Å². The fraction of sp³-hybridized carbons (Fsp3) is 0.231. The van der Waals surface area contributed by atoms with Gasteiger partial charge in [-0.3, -0.25) is 0 Å². The van der Waals surface area contributed by atoms with Crippen LogP contribution in [0.3, 0.4) is 0 Å². The van der Waals surface area contributed by atoms with Gasteiger partial charge in [-0.05, 0) is 27.1 Å². The van der Waals surface area contributed by atoms with Crippen molar-refractivity contribution in [1.29, 1.82) is 0 Å². The molecule has 1 aliphatic rings. The number of aromatic nitrogens is 4. The smallest absolute Gasteiger partial charge is 0.316 e. The van der Waals surface area contributed by atoms with Gasteiger partial charge in [0.1, 0.15) is 13.2 Å². The second-order valence-corrected chi connectivity index (χ2v) is 8.47. The van der Waals surface area contributed by atoms with Gasteiger partial charge in [0, 0.05) is 25.5 Å². The summed E-state index contributed by atoms with van der Waals surface area (Å²) in [7, 11) is 0. The molecule has 0 spiro atoms. The van der Waals surface area contributed by atoms with Crippen LogP contribution in [0.25, 0.3) is 0 Å². The van der Waals surface area contributed by atoms with E-state index in [1.165, 1.54) is 0 Å². The molecular formula is C26H26BrN5O3. The minimum atomic E-state index is 0.391. The molecule has 2 aromatic carbocycles. The van der Waals surface area contributed by atoms with E-state index in [1.807, 2.05) is 60.7 Å². The van der Waals surface area contributed by atoms with Crippen LogP contribution in [0.2, 0.25) is 0 Å². The fourth-order valence-corrected chi connectivity index (χ4v) is 3.39. The van der Waals surface area contributed by atoms with E-state index in [-0.39, 0.29) is 0 Å². The molecule has 0 saturated carbocycles. The maximum atomic E-state index is 5.57. The van der Waals surface area contributed by atoms with Gasteiger partial charge in [0.15, 0.2) is 0 Å². The Balaban J connectivity index is 0.000000172. The number of morpholine rings is 1. The molecule has 1 saturated heterocycles. The Morgan fingerprint density at radius 2 is 1.14 bits per heavy atom. The number of rotatable bonds is 7. The number of anilines is 1. The molecule has 3 heterocycles. The van der Waals surface area contributed by atoms with Crippen molar-refractivity contribution < 1.29 is 14.2 Å². The summed E-state index contributed by atoms with van der Waals surface area (Å²) in [5, 5.41) is 0. The normalized spacial score (nSPS) is 12.9. The number of nitrogens with zero attached hydrogens (tertiary/aromatic N) is 5. The van der Waals surface area contributed by atoms with E-state index >= 15 is 0 Å². The standard InChI is InChI=1S/C15H17N3O2.C11H9BrN2O/c1-2-4-13(5-3-1)12-20-15-16-10-14(11-17-15)18-6-8-19-9-7-18;12-10-6-13-11(14-7-10)15-8-9-4-2-1-3-5-9/h1-5,10-11H,6-9,12H2;1-7H,8H2. The van der Waals surface area contributed by atoms with Gasteiger partial charge >= 0.3 is 12.0 Å². The molecule has 0 amide bonds. The molecule has 9 heteroatoms. The minimum absolute atomic E-state index is 0.391. The highest BCUT2D eigenvalue weighted by molar-refractivity contribution is 9.10. The van der Waals surface area contributed by atoms with Crippen LogP contribution >= 0.6 is 15.9 Å². The lowest BCUT2D eigenvalue weighted by Crippen LogP contribution is -2.36. The van der Waals surface area contributed by atoms with Crippen molar-refractivity contribution in [3.63, 3.8) is 0 Å². The summed E-state index contributed by atoms with van der Waals surface area (Å²) in [4.78, 5) is 18.7. The molecule has 180 valence electrons. The monoisotopic (exact) mass is 535 g/mol. The first-order chi connectivity index (χ1) is 17.3. The third kappa shape index (κ3) is 8.31. The lowest BCUT2D eigenvalue weighted by Gasteiger charge is -2.28. The van der Waals surface area contributed by atoms with Gasteiger partial charge in [0.2, 0.25) is 0 Å². The topological polar surface area (TPSA) is 82.5 Å². The second kappa shape index (κ2) is 13.4. The maximum Gasteiger partial charge on any atom is 0.316 e. The summed E-state index contributed by atoms with van der Waals surface area (Å²) in [6, 6.07) is 20.7. The minimum Gasteiger partial charge on any atom is -0.459 e. The Morgan fingerprint density at radius 1 is 0.686 bits per heavy atom. The van der Waals surface area contributed by atoms with Crippen LogP contribution in [0.15, 0.2) is 89.9 Å². The van der Waals surface area contributed by atoms with Crippen molar-refractivity contribution in [2.45, 2.75) is 13.2 Å². The quantitative estimate of drug-likeness (QED) is 0.336. The number of hydrogen-bond donors (Lipinski definition) is 0. The number of halogens is 1. The zero-order valence-corrected chi connectivity index (χ0v) is 20.8. The van der Waals surface area contributed by atoms with E-state index in [4.69, 9.17) is 14.2 Å². The van der Waals surface area contributed by atoms with Crippen molar-refractivity contribution in [2.24, 2.45) is 0 Å². The summed E-state index contributed by atoms with van der Waals surface area (Å²) in [5.74, 6) is 0. The maximum absolute atomic E-state index is 5.57. The molecule has 4 aromatic rings. The van der Waals surface area contributed by atoms with Gasteiger partial charge in [-0.2, -0.15) is 0 Å². The van der Waals surface area contributed by atoms with Crippen LogP contribution in [-0.4, -0.2) is 46.2 Å². The molecule has 2 aromatic heterocycles. The fourth-order valence-electron chi connectivity index (χ4n) is 3.19. The Hall–Kier alpha value is -3.56. The van der Waals surface area contributed by atoms with Crippen LogP contribution in [0, 0.1) is 0 Å². The summed E-state index contributed by atoms with van der Waals surface area (Å²) in [6.07, 6.45) is 6.93. The first kappa shape index (κ1) is 24.6. The lowest BCUT2D eigenvalue weighted by atomic mass is 10.2. The molecule has 0 bridgehead atoms. The molecule has 35 heavy (non-hydrogen) atoms. The van der Waals surface area contributed by atoms with Crippen LogP contribution in [0.1, 0.15) is 11.1 Å². The Labute approximate surface area is 213 Å². The van der Waals surface area contributed by atoms with Crippen molar-refractivity contribution in [3.05, 3.63) is 101 Å². The highest BCUT2D eigenvalue weighted by atomic mass is 79.9. The van der Waals surface area contributed by atoms with Crippen molar-refractivity contribution in [1.82, 2.24) is 19.9 Å². The highest BCUT2D eigenvalue weighted by Gasteiger charge is 2.12. The zero-order valence-electron chi connectivity index (χ0n) is 19.2. The van der Waals surface area contributed by atoms with E-state index < -0.39 is 0 Å². The molecule has 8 nitrogen and oxygen atoms in total. The van der Waals surface area contributed by atoms with E-state index in [0.717, 1.165) is 47.6 Å². The molecule has 5 rings (SSSR count). The average molecular weight is 536 g/mol. The Bertz CT molecular complexity index is 1130. The van der Waals surface area contributed by atoms with E-state index in [9.17, 15) is 0 Å². The van der Waals surface area contributed by atoms with Gasteiger partial charge in [-0.25, -0.2) is 19.9 Å². The number of ether oxygens (including phenoxy) is 3. The second-order valence-electron chi connectivity index (χ2n) is 7.56. The highest BCUT2D eigenvalue weighted by Crippen LogP contribution is 2.15. The first-order valence-corrected chi connectivity index (χ1v) is 12.0.